The number of thiophene rings is 1. The number of carbonyl (C=O) groups is 3. The van der Waals surface area contributed by atoms with E-state index in [9.17, 15) is 19.2 Å². The van der Waals surface area contributed by atoms with Gasteiger partial charge in [-0.2, -0.15) is 0 Å². The standard InChI is InChI=1S/C39H43ClN8O7S/c1-23-24(2)56-38-34(23)35(26-8-10-27(40)11-9-26)42-28(36-45-44-25(3)47(36)38)22-33(50)41-14-16-53-18-20-55-21-19-54-17-15-46-29-6-4-5-7-30(29)48(39(46)52)31-12-13-32(49)43-37(31)51/h4-11,28,31H,12-22H2,1-3H3,(H,41,50)(H,43,49,51)/t28-,31?/m0/s1. The number of imidazole rings is 1. The summed E-state index contributed by atoms with van der Waals surface area (Å²) in [6.45, 7) is 8.61. The van der Waals surface area contributed by atoms with E-state index >= 15 is 0 Å². The maximum absolute atomic E-state index is 13.4. The van der Waals surface area contributed by atoms with Gasteiger partial charge in [0.1, 0.15) is 22.9 Å². The fraction of sp³-hybridized carbons (Fsp3) is 0.410. The number of imide groups is 1. The number of aromatic nitrogens is 5. The summed E-state index contributed by atoms with van der Waals surface area (Å²) in [5, 5.41) is 15.7. The summed E-state index contributed by atoms with van der Waals surface area (Å²) in [6, 6.07) is 13.5. The van der Waals surface area contributed by atoms with Crippen LogP contribution in [-0.2, 0) is 35.1 Å². The molecule has 1 unspecified atom stereocenters. The third-order valence-electron chi connectivity index (χ3n) is 9.90. The van der Waals surface area contributed by atoms with E-state index in [1.54, 1.807) is 22.0 Å². The Kier molecular flexibility index (Phi) is 12.2. The van der Waals surface area contributed by atoms with Crippen molar-refractivity contribution in [1.82, 2.24) is 34.5 Å². The number of aryl methyl sites for hydroxylation is 2. The Labute approximate surface area is 331 Å². The first kappa shape index (κ1) is 39.2. The topological polar surface area (TPSA) is 173 Å². The van der Waals surface area contributed by atoms with Crippen LogP contribution in [0.1, 0.15) is 64.6 Å². The molecular formula is C39H43ClN8O7S. The van der Waals surface area contributed by atoms with Crippen LogP contribution in [0.4, 0.5) is 0 Å². The zero-order chi connectivity index (χ0) is 39.3. The second-order valence-corrected chi connectivity index (χ2v) is 15.2. The number of benzene rings is 2. The highest BCUT2D eigenvalue weighted by atomic mass is 35.5. The molecule has 0 aliphatic carbocycles. The second kappa shape index (κ2) is 17.4. The maximum atomic E-state index is 13.4. The fourth-order valence-electron chi connectivity index (χ4n) is 7.02. The van der Waals surface area contributed by atoms with Gasteiger partial charge in [-0.1, -0.05) is 35.9 Å². The molecule has 0 saturated carbocycles. The molecule has 1 saturated heterocycles. The van der Waals surface area contributed by atoms with E-state index in [1.165, 1.54) is 9.44 Å². The molecule has 3 aromatic heterocycles. The van der Waals surface area contributed by atoms with Gasteiger partial charge in [0.25, 0.3) is 0 Å². The molecule has 5 heterocycles. The summed E-state index contributed by atoms with van der Waals surface area (Å²) in [5.41, 5.74) is 4.84. The van der Waals surface area contributed by atoms with Gasteiger partial charge in [0.15, 0.2) is 5.82 Å². The summed E-state index contributed by atoms with van der Waals surface area (Å²) in [6.07, 6.45) is 0.540. The molecule has 56 heavy (non-hydrogen) atoms. The number of aliphatic imine (C=N–C) groups is 1. The molecule has 2 aliphatic rings. The number of nitrogens with zero attached hydrogens (tertiary/aromatic N) is 6. The monoisotopic (exact) mass is 802 g/mol. The summed E-state index contributed by atoms with van der Waals surface area (Å²) in [4.78, 5) is 57.0. The molecule has 3 amide bonds. The molecule has 15 nitrogen and oxygen atoms in total. The van der Waals surface area contributed by atoms with Gasteiger partial charge in [-0.3, -0.25) is 38.4 Å². The van der Waals surface area contributed by atoms with Crippen molar-refractivity contribution in [3.63, 3.8) is 0 Å². The van der Waals surface area contributed by atoms with Gasteiger partial charge >= 0.3 is 5.69 Å². The molecule has 0 spiro atoms. The van der Waals surface area contributed by atoms with E-state index in [0.29, 0.717) is 68.0 Å². The minimum atomic E-state index is -0.743. The minimum Gasteiger partial charge on any atom is -0.377 e. The summed E-state index contributed by atoms with van der Waals surface area (Å²) < 4.78 is 22.1. The number of amides is 3. The summed E-state index contributed by atoms with van der Waals surface area (Å²) >= 11 is 7.87. The average Bonchev–Trinajstić information content (AvgIpc) is 3.76. The number of hydrogen-bond acceptors (Lipinski definition) is 11. The van der Waals surface area contributed by atoms with Crippen LogP contribution in [0.2, 0.25) is 5.02 Å². The van der Waals surface area contributed by atoms with Crippen molar-refractivity contribution in [2.45, 2.75) is 58.7 Å². The van der Waals surface area contributed by atoms with Crippen molar-refractivity contribution < 1.29 is 28.6 Å². The first-order chi connectivity index (χ1) is 27.1. The first-order valence-corrected chi connectivity index (χ1v) is 19.7. The number of piperidine rings is 1. The Morgan fingerprint density at radius 1 is 0.929 bits per heavy atom. The van der Waals surface area contributed by atoms with Crippen molar-refractivity contribution >= 4 is 57.4 Å². The Bertz CT molecular complexity index is 2340. The Hall–Kier alpha value is -5.00. The molecule has 2 aliphatic heterocycles. The highest BCUT2D eigenvalue weighted by Gasteiger charge is 2.33. The molecule has 17 heteroatoms. The summed E-state index contributed by atoms with van der Waals surface area (Å²) in [7, 11) is 0. The van der Waals surface area contributed by atoms with Crippen LogP contribution in [0.5, 0.6) is 0 Å². The minimum absolute atomic E-state index is 0.0851. The lowest BCUT2D eigenvalue weighted by molar-refractivity contribution is -0.135. The van der Waals surface area contributed by atoms with Crippen molar-refractivity contribution in [1.29, 1.82) is 0 Å². The number of rotatable bonds is 16. The normalized spacial score (nSPS) is 16.7. The van der Waals surface area contributed by atoms with Crippen LogP contribution in [0.25, 0.3) is 16.0 Å². The number of carbonyl (C=O) groups excluding carboxylic acids is 3. The van der Waals surface area contributed by atoms with Crippen molar-refractivity contribution in [3.05, 3.63) is 97.3 Å². The SMILES string of the molecule is Cc1sc2c(c1C)C(c1ccc(Cl)cc1)=N[C@@H](CC(=O)NCCOCCOCCOCCn1c(=O)n(C3CCC(=O)NC3=O)c3ccccc31)c1nnc(C)n1-2. The lowest BCUT2D eigenvalue weighted by Crippen LogP contribution is -2.44. The van der Waals surface area contributed by atoms with Crippen molar-refractivity contribution in [3.8, 4) is 5.00 Å². The predicted molar refractivity (Wildman–Crippen MR) is 211 cm³/mol. The van der Waals surface area contributed by atoms with Gasteiger partial charge in [-0.05, 0) is 57.0 Å². The lowest BCUT2D eigenvalue weighted by Gasteiger charge is -2.21. The lowest BCUT2D eigenvalue weighted by atomic mass is 9.99. The largest absolute Gasteiger partial charge is 0.377 e. The van der Waals surface area contributed by atoms with Crippen LogP contribution in [-0.4, -0.2) is 93.5 Å². The Balaban J connectivity index is 0.835. The number of nitrogens with one attached hydrogen (secondary N) is 2. The van der Waals surface area contributed by atoms with Crippen molar-refractivity contribution in [2.75, 3.05) is 46.2 Å². The Morgan fingerprint density at radius 2 is 1.62 bits per heavy atom. The van der Waals surface area contributed by atoms with E-state index in [1.807, 2.05) is 54.0 Å². The van der Waals surface area contributed by atoms with Crippen LogP contribution in [0.15, 0.2) is 58.3 Å². The van der Waals surface area contributed by atoms with Crippen LogP contribution < -0.4 is 16.3 Å². The summed E-state index contributed by atoms with van der Waals surface area (Å²) in [5.74, 6) is 0.366. The fourth-order valence-corrected chi connectivity index (χ4v) is 8.36. The average molecular weight is 803 g/mol. The number of ether oxygens (including phenoxy) is 3. The van der Waals surface area contributed by atoms with Gasteiger partial charge in [0.05, 0.1) is 69.4 Å². The number of fused-ring (bicyclic) bond motifs is 4. The predicted octanol–water partition coefficient (Wildman–Crippen LogP) is 4.15. The van der Waals surface area contributed by atoms with Crippen LogP contribution >= 0.6 is 22.9 Å². The van der Waals surface area contributed by atoms with E-state index < -0.39 is 18.0 Å². The molecule has 0 bridgehead atoms. The zero-order valence-electron chi connectivity index (χ0n) is 31.4. The molecule has 2 atom stereocenters. The number of halogens is 1. The molecule has 294 valence electrons. The molecule has 5 aromatic rings. The molecule has 0 radical (unpaired) electrons. The van der Waals surface area contributed by atoms with Gasteiger partial charge in [0, 0.05) is 34.0 Å². The highest BCUT2D eigenvalue weighted by molar-refractivity contribution is 7.15. The van der Waals surface area contributed by atoms with Gasteiger partial charge in [-0.25, -0.2) is 4.79 Å². The van der Waals surface area contributed by atoms with Gasteiger partial charge < -0.3 is 19.5 Å². The molecular weight excluding hydrogens is 760 g/mol. The van der Waals surface area contributed by atoms with Gasteiger partial charge in [0.2, 0.25) is 17.7 Å². The zero-order valence-corrected chi connectivity index (χ0v) is 33.0. The van der Waals surface area contributed by atoms with Crippen LogP contribution in [0, 0.1) is 20.8 Å². The number of para-hydroxylation sites is 2. The number of hydrogen-bond donors (Lipinski definition) is 2. The van der Waals surface area contributed by atoms with E-state index in [4.69, 9.17) is 30.8 Å². The second-order valence-electron chi connectivity index (χ2n) is 13.6. The maximum Gasteiger partial charge on any atom is 0.329 e. The smallest absolute Gasteiger partial charge is 0.329 e. The third kappa shape index (κ3) is 8.25. The third-order valence-corrected chi connectivity index (χ3v) is 11.3. The van der Waals surface area contributed by atoms with E-state index in [0.717, 1.165) is 33.2 Å². The van der Waals surface area contributed by atoms with Crippen LogP contribution in [0.3, 0.4) is 0 Å². The molecule has 7 rings (SSSR count). The molecule has 1 fully saturated rings. The quantitative estimate of drug-likeness (QED) is 0.110. The Morgan fingerprint density at radius 3 is 2.36 bits per heavy atom. The van der Waals surface area contributed by atoms with E-state index in [-0.39, 0.29) is 43.4 Å². The van der Waals surface area contributed by atoms with Crippen molar-refractivity contribution in [2.24, 2.45) is 4.99 Å². The van der Waals surface area contributed by atoms with Gasteiger partial charge in [-0.15, -0.1) is 21.5 Å². The first-order valence-electron chi connectivity index (χ1n) is 18.5. The molecule has 2 N–H and O–H groups in total. The van der Waals surface area contributed by atoms with E-state index in [2.05, 4.69) is 34.7 Å². The highest BCUT2D eigenvalue weighted by Crippen LogP contribution is 2.39. The molecule has 2 aromatic carbocycles.